The van der Waals surface area contributed by atoms with E-state index >= 15 is 0 Å². The van der Waals surface area contributed by atoms with Gasteiger partial charge in [0.1, 0.15) is 5.82 Å². The molecule has 28 heavy (non-hydrogen) atoms. The Morgan fingerprint density at radius 2 is 1.93 bits per heavy atom. The van der Waals surface area contributed by atoms with Crippen molar-refractivity contribution in [2.75, 3.05) is 25.1 Å². The highest BCUT2D eigenvalue weighted by molar-refractivity contribution is 6.00. The van der Waals surface area contributed by atoms with Gasteiger partial charge in [-0.25, -0.2) is 9.78 Å². The van der Waals surface area contributed by atoms with Crippen molar-refractivity contribution in [3.63, 3.8) is 0 Å². The first kappa shape index (κ1) is 19.0. The predicted octanol–water partition coefficient (Wildman–Crippen LogP) is 5.21. The number of aromatic nitrogens is 1. The third-order valence-electron chi connectivity index (χ3n) is 6.26. The second-order valence-corrected chi connectivity index (χ2v) is 8.24. The van der Waals surface area contributed by atoms with Gasteiger partial charge in [0.05, 0.1) is 18.4 Å². The van der Waals surface area contributed by atoms with E-state index in [1.807, 2.05) is 18.2 Å². The summed E-state index contributed by atoms with van der Waals surface area (Å²) < 4.78 is 5.28. The van der Waals surface area contributed by atoms with Gasteiger partial charge in [0.2, 0.25) is 0 Å². The number of rotatable bonds is 4. The normalized spacial score (nSPS) is 19.5. The van der Waals surface area contributed by atoms with Crippen molar-refractivity contribution >= 4 is 11.8 Å². The van der Waals surface area contributed by atoms with Crippen molar-refractivity contribution in [3.05, 3.63) is 47.2 Å². The van der Waals surface area contributed by atoms with Crippen LogP contribution in [0, 0.1) is 5.92 Å². The summed E-state index contributed by atoms with van der Waals surface area (Å²) in [7, 11) is 1.48. The van der Waals surface area contributed by atoms with Crippen LogP contribution in [-0.2, 0) is 11.2 Å². The third-order valence-corrected chi connectivity index (χ3v) is 6.26. The second-order valence-electron chi connectivity index (χ2n) is 8.24. The van der Waals surface area contributed by atoms with Crippen LogP contribution < -0.4 is 4.90 Å². The van der Waals surface area contributed by atoms with Crippen LogP contribution in [0.25, 0.3) is 11.1 Å². The van der Waals surface area contributed by atoms with E-state index in [9.17, 15) is 4.79 Å². The summed E-state index contributed by atoms with van der Waals surface area (Å²) in [5.41, 5.74) is 4.99. The third kappa shape index (κ3) is 3.30. The van der Waals surface area contributed by atoms with Gasteiger partial charge in [-0.3, -0.25) is 0 Å². The second kappa shape index (κ2) is 7.94. The highest BCUT2D eigenvalue weighted by Gasteiger charge is 2.34. The Morgan fingerprint density at radius 1 is 1.21 bits per heavy atom. The lowest BCUT2D eigenvalue weighted by Gasteiger charge is -2.36. The number of nitrogens with zero attached hydrogens (tertiary/aromatic N) is 2. The van der Waals surface area contributed by atoms with Gasteiger partial charge < -0.3 is 9.64 Å². The average molecular weight is 379 g/mol. The first-order chi connectivity index (χ1) is 13.6. The number of methoxy groups -OCH3 is 1. The maximum Gasteiger partial charge on any atom is 0.340 e. The number of anilines is 1. The fourth-order valence-corrected chi connectivity index (χ4v) is 4.96. The van der Waals surface area contributed by atoms with Gasteiger partial charge in [0, 0.05) is 30.1 Å². The molecule has 1 aliphatic carbocycles. The Morgan fingerprint density at radius 3 is 2.57 bits per heavy atom. The van der Waals surface area contributed by atoms with Gasteiger partial charge in [-0.15, -0.1) is 0 Å². The molecule has 1 saturated carbocycles. The van der Waals surface area contributed by atoms with E-state index in [0.717, 1.165) is 55.0 Å². The van der Waals surface area contributed by atoms with Crippen molar-refractivity contribution in [2.45, 2.75) is 51.9 Å². The number of fused-ring (bicyclic) bond motifs is 1. The van der Waals surface area contributed by atoms with Crippen LogP contribution in [0.2, 0.25) is 0 Å². The molecule has 1 aliphatic heterocycles. The molecule has 0 spiro atoms. The van der Waals surface area contributed by atoms with Gasteiger partial charge in [0.25, 0.3) is 0 Å². The molecule has 1 aromatic heterocycles. The van der Waals surface area contributed by atoms with Gasteiger partial charge in [-0.1, -0.05) is 50.1 Å². The average Bonchev–Trinajstić information content (AvgIpc) is 3.26. The van der Waals surface area contributed by atoms with Crippen LogP contribution >= 0.6 is 0 Å². The van der Waals surface area contributed by atoms with Crippen molar-refractivity contribution < 1.29 is 9.53 Å². The predicted molar refractivity (Wildman–Crippen MR) is 113 cm³/mol. The fraction of sp³-hybridized carbons (Fsp3) is 0.500. The molecule has 0 N–H and O–H groups in total. The summed E-state index contributed by atoms with van der Waals surface area (Å²) >= 11 is 0. The van der Waals surface area contributed by atoms with Crippen LogP contribution in [-0.4, -0.2) is 31.2 Å². The SMILES string of the molecule is CCN1CC(C)Cc2c1nc(C1CCCC1)c(C(=O)OC)c2-c1ccccc1. The minimum Gasteiger partial charge on any atom is -0.465 e. The Bertz CT molecular complexity index is 857. The largest absolute Gasteiger partial charge is 0.465 e. The fourth-order valence-electron chi connectivity index (χ4n) is 4.96. The number of hydrogen-bond acceptors (Lipinski definition) is 4. The first-order valence-electron chi connectivity index (χ1n) is 10.6. The zero-order valence-corrected chi connectivity index (χ0v) is 17.2. The monoisotopic (exact) mass is 378 g/mol. The maximum absolute atomic E-state index is 13.0. The van der Waals surface area contributed by atoms with Crippen LogP contribution in [0.4, 0.5) is 5.82 Å². The van der Waals surface area contributed by atoms with Crippen LogP contribution in [0.3, 0.4) is 0 Å². The van der Waals surface area contributed by atoms with E-state index in [-0.39, 0.29) is 5.97 Å². The number of ether oxygens (including phenoxy) is 1. The summed E-state index contributed by atoms with van der Waals surface area (Å²) in [5, 5.41) is 0. The summed E-state index contributed by atoms with van der Waals surface area (Å²) in [6.45, 7) is 6.42. The Balaban J connectivity index is 2.04. The molecule has 4 nitrogen and oxygen atoms in total. The van der Waals surface area contributed by atoms with E-state index < -0.39 is 0 Å². The summed E-state index contributed by atoms with van der Waals surface area (Å²) in [5.74, 6) is 1.70. The molecule has 1 atom stereocenters. The molecule has 1 unspecified atom stereocenters. The van der Waals surface area contributed by atoms with Gasteiger partial charge in [-0.2, -0.15) is 0 Å². The Hall–Kier alpha value is -2.36. The lowest BCUT2D eigenvalue weighted by atomic mass is 9.84. The van der Waals surface area contributed by atoms with Gasteiger partial charge in [0.15, 0.2) is 0 Å². The van der Waals surface area contributed by atoms with Crippen molar-refractivity contribution in [2.24, 2.45) is 5.92 Å². The number of benzene rings is 1. The van der Waals surface area contributed by atoms with Crippen LogP contribution in [0.15, 0.2) is 30.3 Å². The van der Waals surface area contributed by atoms with E-state index in [4.69, 9.17) is 9.72 Å². The maximum atomic E-state index is 13.0. The number of esters is 1. The quantitative estimate of drug-likeness (QED) is 0.685. The Kier molecular flexibility index (Phi) is 5.38. The van der Waals surface area contributed by atoms with Crippen molar-refractivity contribution in [3.8, 4) is 11.1 Å². The molecule has 4 rings (SSSR count). The Labute approximate surface area is 167 Å². The molecule has 2 heterocycles. The molecule has 1 fully saturated rings. The zero-order chi connectivity index (χ0) is 19.7. The van der Waals surface area contributed by atoms with E-state index in [0.29, 0.717) is 17.4 Å². The number of carbonyl (C=O) groups excluding carboxylic acids is 1. The lowest BCUT2D eigenvalue weighted by molar-refractivity contribution is 0.0599. The van der Waals surface area contributed by atoms with E-state index in [1.54, 1.807) is 0 Å². The van der Waals surface area contributed by atoms with E-state index in [1.165, 1.54) is 25.5 Å². The highest BCUT2D eigenvalue weighted by atomic mass is 16.5. The first-order valence-corrected chi connectivity index (χ1v) is 10.6. The summed E-state index contributed by atoms with van der Waals surface area (Å²) in [6.07, 6.45) is 5.57. The molecule has 0 amide bonds. The van der Waals surface area contributed by atoms with E-state index in [2.05, 4.69) is 30.9 Å². The van der Waals surface area contributed by atoms with Crippen molar-refractivity contribution in [1.29, 1.82) is 0 Å². The molecule has 2 aliphatic rings. The number of hydrogen-bond donors (Lipinski definition) is 0. The molecule has 1 aromatic carbocycles. The standard InChI is InChI=1S/C24H30N2O2/c1-4-26-15-16(2)14-19-20(17-10-6-5-7-11-17)21(24(27)28-3)22(25-23(19)26)18-12-8-9-13-18/h5-7,10-11,16,18H,4,8-9,12-15H2,1-3H3. The topological polar surface area (TPSA) is 42.4 Å². The lowest BCUT2D eigenvalue weighted by Crippen LogP contribution is -2.36. The molecule has 2 aromatic rings. The molecule has 0 radical (unpaired) electrons. The molecule has 0 bridgehead atoms. The van der Waals surface area contributed by atoms with Crippen molar-refractivity contribution in [1.82, 2.24) is 4.98 Å². The van der Waals surface area contributed by atoms with Crippen LogP contribution in [0.1, 0.15) is 67.1 Å². The number of carbonyl (C=O) groups is 1. The molecular formula is C24H30N2O2. The van der Waals surface area contributed by atoms with Gasteiger partial charge in [-0.05, 0) is 37.7 Å². The molecular weight excluding hydrogens is 348 g/mol. The van der Waals surface area contributed by atoms with Crippen LogP contribution in [0.5, 0.6) is 0 Å². The number of pyridine rings is 1. The summed E-state index contributed by atoms with van der Waals surface area (Å²) in [6, 6.07) is 10.3. The zero-order valence-electron chi connectivity index (χ0n) is 17.2. The minimum absolute atomic E-state index is 0.252. The molecule has 4 heteroatoms. The summed E-state index contributed by atoms with van der Waals surface area (Å²) in [4.78, 5) is 20.6. The minimum atomic E-state index is -0.252. The molecule has 148 valence electrons. The molecule has 0 saturated heterocycles. The highest BCUT2D eigenvalue weighted by Crippen LogP contribution is 2.44. The van der Waals surface area contributed by atoms with Gasteiger partial charge >= 0.3 is 5.97 Å². The smallest absolute Gasteiger partial charge is 0.340 e.